The maximum atomic E-state index is 13.8. The predicted octanol–water partition coefficient (Wildman–Crippen LogP) is 2.62. The Kier molecular flexibility index (Phi) is 5.64. The molecule has 28 heavy (non-hydrogen) atoms. The lowest BCUT2D eigenvalue weighted by atomic mass is 10.1. The molecule has 2 aromatic carbocycles. The number of ether oxygens (including phenoxy) is 1. The van der Waals surface area contributed by atoms with Crippen molar-refractivity contribution in [1.29, 1.82) is 0 Å². The lowest BCUT2D eigenvalue weighted by Gasteiger charge is -2.26. The molecule has 0 unspecified atom stereocenters. The fraction of sp³-hybridized carbons (Fsp3) is 0.333. The molecule has 0 radical (unpaired) electrons. The van der Waals surface area contributed by atoms with Gasteiger partial charge >= 0.3 is 0 Å². The molecule has 1 N–H and O–H groups in total. The van der Waals surface area contributed by atoms with Crippen LogP contribution in [0.1, 0.15) is 21.8 Å². The number of fused-ring (bicyclic) bond motifs is 1. The molecular weight excluding hydrogens is 361 g/mol. The molecule has 1 amide bonds. The second-order valence-electron chi connectivity index (χ2n) is 6.77. The van der Waals surface area contributed by atoms with E-state index in [2.05, 4.69) is 15.2 Å². The first-order chi connectivity index (χ1) is 13.7. The molecule has 0 aliphatic carbocycles. The molecule has 1 aromatic heterocycles. The predicted molar refractivity (Wildman–Crippen MR) is 103 cm³/mol. The van der Waals surface area contributed by atoms with Crippen LogP contribution in [0, 0.1) is 5.82 Å². The standard InChI is InChI=1S/C21H22FN3O3/c22-17-4-2-1-3-15(17)14-20-24-18-6-5-16(13-19(18)28-20)21(26)23-7-8-25-9-11-27-12-10-25/h1-6,13H,7-12,14H2,(H,23,26). The number of carbonyl (C=O) groups excluding carboxylic acids is 1. The summed E-state index contributed by atoms with van der Waals surface area (Å²) in [5, 5.41) is 2.93. The summed E-state index contributed by atoms with van der Waals surface area (Å²) in [4.78, 5) is 19.1. The molecule has 1 aliphatic rings. The highest BCUT2D eigenvalue weighted by atomic mass is 19.1. The van der Waals surface area contributed by atoms with Crippen molar-refractivity contribution in [2.24, 2.45) is 0 Å². The van der Waals surface area contributed by atoms with Crippen molar-refractivity contribution in [3.63, 3.8) is 0 Å². The second-order valence-corrected chi connectivity index (χ2v) is 6.77. The average Bonchev–Trinajstić information content (AvgIpc) is 3.12. The van der Waals surface area contributed by atoms with Crippen LogP contribution >= 0.6 is 0 Å². The van der Waals surface area contributed by atoms with Crippen LogP contribution in [-0.4, -0.2) is 55.2 Å². The first kappa shape index (κ1) is 18.6. The monoisotopic (exact) mass is 383 g/mol. The molecule has 6 nitrogen and oxygen atoms in total. The van der Waals surface area contributed by atoms with Crippen molar-refractivity contribution in [2.45, 2.75) is 6.42 Å². The highest BCUT2D eigenvalue weighted by Crippen LogP contribution is 2.20. The molecular formula is C21H22FN3O3. The van der Waals surface area contributed by atoms with E-state index in [0.717, 1.165) is 32.8 Å². The Morgan fingerprint density at radius 2 is 2.00 bits per heavy atom. The number of morpholine rings is 1. The van der Waals surface area contributed by atoms with E-state index in [1.807, 2.05) is 0 Å². The van der Waals surface area contributed by atoms with Crippen LogP contribution in [0.2, 0.25) is 0 Å². The highest BCUT2D eigenvalue weighted by Gasteiger charge is 2.14. The molecule has 0 bridgehead atoms. The number of rotatable bonds is 6. The maximum absolute atomic E-state index is 13.8. The lowest BCUT2D eigenvalue weighted by molar-refractivity contribution is 0.0383. The number of halogens is 1. The molecule has 0 spiro atoms. The Balaban J connectivity index is 1.39. The van der Waals surface area contributed by atoms with Crippen molar-refractivity contribution in [2.75, 3.05) is 39.4 Å². The Morgan fingerprint density at radius 1 is 1.18 bits per heavy atom. The van der Waals surface area contributed by atoms with Gasteiger partial charge in [0.2, 0.25) is 0 Å². The van der Waals surface area contributed by atoms with Crippen LogP contribution in [-0.2, 0) is 11.2 Å². The van der Waals surface area contributed by atoms with Gasteiger partial charge in [0.15, 0.2) is 11.5 Å². The first-order valence-electron chi connectivity index (χ1n) is 9.40. The van der Waals surface area contributed by atoms with Crippen LogP contribution in [0.4, 0.5) is 4.39 Å². The number of amides is 1. The fourth-order valence-corrected chi connectivity index (χ4v) is 3.25. The van der Waals surface area contributed by atoms with Gasteiger partial charge in [-0.15, -0.1) is 0 Å². The fourth-order valence-electron chi connectivity index (χ4n) is 3.25. The van der Waals surface area contributed by atoms with E-state index < -0.39 is 0 Å². The summed E-state index contributed by atoms with van der Waals surface area (Å²) in [6.45, 7) is 4.64. The van der Waals surface area contributed by atoms with Crippen LogP contribution in [0.5, 0.6) is 0 Å². The molecule has 0 atom stereocenters. The highest BCUT2D eigenvalue weighted by molar-refractivity contribution is 5.97. The van der Waals surface area contributed by atoms with Gasteiger partial charge in [-0.2, -0.15) is 0 Å². The van der Waals surface area contributed by atoms with Crippen molar-refractivity contribution < 1.29 is 18.3 Å². The molecule has 146 valence electrons. The van der Waals surface area contributed by atoms with Crippen LogP contribution in [0.3, 0.4) is 0 Å². The summed E-state index contributed by atoms with van der Waals surface area (Å²) in [7, 11) is 0. The summed E-state index contributed by atoms with van der Waals surface area (Å²) in [6.07, 6.45) is 0.266. The quantitative estimate of drug-likeness (QED) is 0.709. The zero-order valence-corrected chi connectivity index (χ0v) is 15.5. The summed E-state index contributed by atoms with van der Waals surface area (Å²) in [5.74, 6) is -0.0164. The molecule has 1 saturated heterocycles. The van der Waals surface area contributed by atoms with Gasteiger partial charge < -0.3 is 14.5 Å². The van der Waals surface area contributed by atoms with Crippen molar-refractivity contribution >= 4 is 17.0 Å². The van der Waals surface area contributed by atoms with Crippen LogP contribution < -0.4 is 5.32 Å². The minimum Gasteiger partial charge on any atom is -0.440 e. The third-order valence-electron chi connectivity index (χ3n) is 4.81. The van der Waals surface area contributed by atoms with Crippen molar-refractivity contribution in [1.82, 2.24) is 15.2 Å². The number of oxazole rings is 1. The molecule has 1 fully saturated rings. The van der Waals surface area contributed by atoms with E-state index in [4.69, 9.17) is 9.15 Å². The summed E-state index contributed by atoms with van der Waals surface area (Å²) in [5.41, 5.74) is 2.21. The SMILES string of the molecule is O=C(NCCN1CCOCC1)c1ccc2nc(Cc3ccccc3F)oc2c1. The van der Waals surface area contributed by atoms with Crippen molar-refractivity contribution in [3.05, 3.63) is 65.3 Å². The molecule has 2 heterocycles. The largest absolute Gasteiger partial charge is 0.440 e. The topological polar surface area (TPSA) is 67.6 Å². The number of benzene rings is 2. The van der Waals surface area contributed by atoms with Gasteiger partial charge in [0, 0.05) is 31.7 Å². The van der Waals surface area contributed by atoms with Crippen LogP contribution in [0.25, 0.3) is 11.1 Å². The number of hydrogen-bond acceptors (Lipinski definition) is 5. The smallest absolute Gasteiger partial charge is 0.251 e. The lowest BCUT2D eigenvalue weighted by Crippen LogP contribution is -2.41. The zero-order valence-electron chi connectivity index (χ0n) is 15.5. The number of carbonyl (C=O) groups is 1. The number of nitrogens with one attached hydrogen (secondary N) is 1. The zero-order chi connectivity index (χ0) is 19.3. The summed E-state index contributed by atoms with van der Waals surface area (Å²) in [6, 6.07) is 11.7. The van der Waals surface area contributed by atoms with Gasteiger partial charge in [-0.1, -0.05) is 18.2 Å². The minimum absolute atomic E-state index is 0.151. The normalized spacial score (nSPS) is 15.0. The van der Waals surface area contributed by atoms with E-state index in [1.165, 1.54) is 6.07 Å². The van der Waals surface area contributed by atoms with Crippen LogP contribution in [0.15, 0.2) is 46.9 Å². The Labute approximate surface area is 162 Å². The maximum Gasteiger partial charge on any atom is 0.251 e. The third kappa shape index (κ3) is 4.37. The van der Waals surface area contributed by atoms with Gasteiger partial charge in [-0.25, -0.2) is 9.37 Å². The molecule has 0 saturated carbocycles. The van der Waals surface area contributed by atoms with E-state index in [1.54, 1.807) is 36.4 Å². The van der Waals surface area contributed by atoms with E-state index in [-0.39, 0.29) is 18.1 Å². The number of nitrogens with zero attached hydrogens (tertiary/aromatic N) is 2. The van der Waals surface area contributed by atoms with Gasteiger partial charge in [-0.05, 0) is 29.8 Å². The van der Waals surface area contributed by atoms with E-state index in [9.17, 15) is 9.18 Å². The molecule has 3 aromatic rings. The average molecular weight is 383 g/mol. The summed E-state index contributed by atoms with van der Waals surface area (Å²) >= 11 is 0. The second kappa shape index (κ2) is 8.50. The Hall–Kier alpha value is -2.77. The van der Waals surface area contributed by atoms with Gasteiger partial charge in [0.25, 0.3) is 5.91 Å². The first-order valence-corrected chi connectivity index (χ1v) is 9.40. The number of hydrogen-bond donors (Lipinski definition) is 1. The van der Waals surface area contributed by atoms with Gasteiger partial charge in [-0.3, -0.25) is 9.69 Å². The molecule has 7 heteroatoms. The van der Waals surface area contributed by atoms with Crippen molar-refractivity contribution in [3.8, 4) is 0 Å². The number of aromatic nitrogens is 1. The summed E-state index contributed by atoms with van der Waals surface area (Å²) < 4.78 is 24.9. The van der Waals surface area contributed by atoms with E-state index in [0.29, 0.717) is 34.7 Å². The minimum atomic E-state index is -0.287. The molecule has 4 rings (SSSR count). The molecule has 1 aliphatic heterocycles. The Morgan fingerprint density at radius 3 is 2.82 bits per heavy atom. The third-order valence-corrected chi connectivity index (χ3v) is 4.81. The van der Waals surface area contributed by atoms with Gasteiger partial charge in [0.05, 0.1) is 19.6 Å². The Bertz CT molecular complexity index is 966. The van der Waals surface area contributed by atoms with E-state index >= 15 is 0 Å². The van der Waals surface area contributed by atoms with Gasteiger partial charge in [0.1, 0.15) is 11.3 Å².